The average molecular weight is 262 g/mol. The SMILES string of the molecule is CC(NC(=O)C1(CN)CC1)(C(=O)O)c1ccccc1. The van der Waals surface area contributed by atoms with Crippen LogP contribution in [0.2, 0.25) is 0 Å². The summed E-state index contributed by atoms with van der Waals surface area (Å²) >= 11 is 0. The van der Waals surface area contributed by atoms with Crippen molar-refractivity contribution in [2.75, 3.05) is 6.54 Å². The van der Waals surface area contributed by atoms with Crippen molar-refractivity contribution in [1.29, 1.82) is 0 Å². The highest BCUT2D eigenvalue weighted by Gasteiger charge is 2.51. The van der Waals surface area contributed by atoms with Gasteiger partial charge >= 0.3 is 5.97 Å². The summed E-state index contributed by atoms with van der Waals surface area (Å²) in [7, 11) is 0. The minimum absolute atomic E-state index is 0.253. The first-order valence-corrected chi connectivity index (χ1v) is 6.26. The Bertz CT molecular complexity index is 497. The lowest BCUT2D eigenvalue weighted by atomic mass is 9.90. The van der Waals surface area contributed by atoms with E-state index in [4.69, 9.17) is 5.73 Å². The lowest BCUT2D eigenvalue weighted by Gasteiger charge is -2.28. The van der Waals surface area contributed by atoms with Gasteiger partial charge in [0.2, 0.25) is 5.91 Å². The van der Waals surface area contributed by atoms with Crippen molar-refractivity contribution in [3.8, 4) is 0 Å². The van der Waals surface area contributed by atoms with Gasteiger partial charge in [-0.3, -0.25) is 4.79 Å². The van der Waals surface area contributed by atoms with E-state index in [1.54, 1.807) is 30.3 Å². The van der Waals surface area contributed by atoms with Crippen LogP contribution in [0.15, 0.2) is 30.3 Å². The summed E-state index contributed by atoms with van der Waals surface area (Å²) in [6.45, 7) is 1.75. The molecule has 4 N–H and O–H groups in total. The average Bonchev–Trinajstić information content (AvgIpc) is 3.20. The molecule has 0 saturated heterocycles. The predicted molar refractivity (Wildman–Crippen MR) is 70.3 cm³/mol. The number of hydrogen-bond donors (Lipinski definition) is 3. The maximum atomic E-state index is 12.2. The van der Waals surface area contributed by atoms with Crippen molar-refractivity contribution < 1.29 is 14.7 Å². The third kappa shape index (κ3) is 2.33. The molecular weight excluding hydrogens is 244 g/mol. The number of aliphatic carboxylic acids is 1. The zero-order chi connectivity index (χ0) is 14.1. The molecule has 5 heteroatoms. The number of nitrogens with two attached hydrogens (primary N) is 1. The van der Waals surface area contributed by atoms with E-state index in [1.165, 1.54) is 6.92 Å². The molecule has 1 fully saturated rings. The largest absolute Gasteiger partial charge is 0.479 e. The lowest BCUT2D eigenvalue weighted by Crippen LogP contribution is -2.52. The first-order chi connectivity index (χ1) is 8.94. The van der Waals surface area contributed by atoms with Crippen LogP contribution in [0.3, 0.4) is 0 Å². The number of nitrogens with one attached hydrogen (secondary N) is 1. The second-order valence-electron chi connectivity index (χ2n) is 5.23. The number of rotatable bonds is 5. The van der Waals surface area contributed by atoms with E-state index in [2.05, 4.69) is 5.32 Å². The van der Waals surface area contributed by atoms with Crippen LogP contribution in [-0.4, -0.2) is 23.5 Å². The van der Waals surface area contributed by atoms with Gasteiger partial charge in [-0.2, -0.15) is 0 Å². The molecule has 19 heavy (non-hydrogen) atoms. The Kier molecular flexibility index (Phi) is 3.32. The van der Waals surface area contributed by atoms with Crippen molar-refractivity contribution in [2.24, 2.45) is 11.1 Å². The maximum absolute atomic E-state index is 12.2. The van der Waals surface area contributed by atoms with Crippen molar-refractivity contribution in [1.82, 2.24) is 5.32 Å². The quantitative estimate of drug-likeness (QED) is 0.733. The molecule has 1 atom stereocenters. The molecule has 1 aliphatic rings. The number of carboxylic acids is 1. The molecule has 1 aromatic rings. The summed E-state index contributed by atoms with van der Waals surface area (Å²) < 4.78 is 0. The minimum atomic E-state index is -1.43. The Balaban J connectivity index is 2.26. The molecule has 0 aromatic heterocycles. The van der Waals surface area contributed by atoms with E-state index in [-0.39, 0.29) is 12.5 Å². The topological polar surface area (TPSA) is 92.4 Å². The molecule has 0 heterocycles. The molecule has 5 nitrogen and oxygen atoms in total. The summed E-state index contributed by atoms with van der Waals surface area (Å²) in [6.07, 6.45) is 1.44. The van der Waals surface area contributed by atoms with Gasteiger partial charge in [0.05, 0.1) is 5.41 Å². The van der Waals surface area contributed by atoms with Gasteiger partial charge in [0, 0.05) is 6.54 Å². The fourth-order valence-electron chi connectivity index (χ4n) is 2.06. The molecule has 0 radical (unpaired) electrons. The van der Waals surface area contributed by atoms with E-state index >= 15 is 0 Å². The Morgan fingerprint density at radius 3 is 2.37 bits per heavy atom. The van der Waals surface area contributed by atoms with Crippen LogP contribution >= 0.6 is 0 Å². The van der Waals surface area contributed by atoms with E-state index in [0.717, 1.165) is 12.8 Å². The van der Waals surface area contributed by atoms with Crippen LogP contribution in [0, 0.1) is 5.41 Å². The van der Waals surface area contributed by atoms with Gasteiger partial charge in [-0.1, -0.05) is 30.3 Å². The van der Waals surface area contributed by atoms with Gasteiger partial charge in [-0.25, -0.2) is 4.79 Å². The summed E-state index contributed by atoms with van der Waals surface area (Å²) in [5.41, 5.74) is 4.15. The molecule has 2 rings (SSSR count). The van der Waals surface area contributed by atoms with Crippen molar-refractivity contribution in [3.05, 3.63) is 35.9 Å². The number of carbonyl (C=O) groups excluding carboxylic acids is 1. The summed E-state index contributed by atoms with van der Waals surface area (Å²) in [5.74, 6) is -1.36. The Hall–Kier alpha value is -1.88. The Morgan fingerprint density at radius 1 is 1.37 bits per heavy atom. The summed E-state index contributed by atoms with van der Waals surface area (Å²) in [5, 5.41) is 12.1. The lowest BCUT2D eigenvalue weighted by molar-refractivity contribution is -0.148. The third-order valence-electron chi connectivity index (χ3n) is 3.87. The fraction of sp³-hybridized carbons (Fsp3) is 0.429. The predicted octanol–water partition coefficient (Wildman–Crippen LogP) is 0.842. The molecule has 0 aliphatic heterocycles. The summed E-state index contributed by atoms with van der Waals surface area (Å²) in [4.78, 5) is 23.7. The van der Waals surface area contributed by atoms with Crippen LogP contribution in [0.1, 0.15) is 25.3 Å². The molecule has 0 spiro atoms. The first-order valence-electron chi connectivity index (χ1n) is 6.26. The standard InChI is InChI=1S/C14H18N2O3/c1-13(12(18)19,10-5-3-2-4-6-10)16-11(17)14(9-15)7-8-14/h2-6H,7-9,15H2,1H3,(H,16,17)(H,18,19). The van der Waals surface area contributed by atoms with E-state index in [1.807, 2.05) is 0 Å². The highest BCUT2D eigenvalue weighted by Crippen LogP contribution is 2.45. The van der Waals surface area contributed by atoms with Crippen LogP contribution in [0.5, 0.6) is 0 Å². The molecular formula is C14H18N2O3. The number of hydrogen-bond acceptors (Lipinski definition) is 3. The zero-order valence-electron chi connectivity index (χ0n) is 10.8. The number of carboxylic acid groups (broad SMARTS) is 1. The monoisotopic (exact) mass is 262 g/mol. The third-order valence-corrected chi connectivity index (χ3v) is 3.87. The maximum Gasteiger partial charge on any atom is 0.333 e. The minimum Gasteiger partial charge on any atom is -0.479 e. The second kappa shape index (κ2) is 4.66. The smallest absolute Gasteiger partial charge is 0.333 e. The summed E-state index contributed by atoms with van der Waals surface area (Å²) in [6, 6.07) is 8.68. The van der Waals surface area contributed by atoms with Gasteiger partial charge in [-0.05, 0) is 25.3 Å². The number of amides is 1. The molecule has 1 saturated carbocycles. The van der Waals surface area contributed by atoms with Crippen LogP contribution in [0.25, 0.3) is 0 Å². The van der Waals surface area contributed by atoms with Crippen molar-refractivity contribution >= 4 is 11.9 Å². The highest BCUT2D eigenvalue weighted by atomic mass is 16.4. The van der Waals surface area contributed by atoms with Gasteiger partial charge in [0.15, 0.2) is 5.54 Å². The van der Waals surface area contributed by atoms with Gasteiger partial charge in [0.25, 0.3) is 0 Å². The van der Waals surface area contributed by atoms with Gasteiger partial charge in [-0.15, -0.1) is 0 Å². The number of carbonyl (C=O) groups is 2. The Morgan fingerprint density at radius 2 is 1.95 bits per heavy atom. The Labute approximate surface area is 111 Å². The first kappa shape index (κ1) is 13.5. The van der Waals surface area contributed by atoms with Crippen molar-refractivity contribution in [2.45, 2.75) is 25.3 Å². The van der Waals surface area contributed by atoms with E-state index < -0.39 is 16.9 Å². The van der Waals surface area contributed by atoms with Gasteiger partial charge in [0.1, 0.15) is 0 Å². The van der Waals surface area contributed by atoms with Crippen LogP contribution in [-0.2, 0) is 15.1 Å². The van der Waals surface area contributed by atoms with E-state index in [0.29, 0.717) is 5.56 Å². The molecule has 1 aliphatic carbocycles. The zero-order valence-corrected chi connectivity index (χ0v) is 10.8. The molecule has 102 valence electrons. The number of benzene rings is 1. The van der Waals surface area contributed by atoms with Crippen LogP contribution < -0.4 is 11.1 Å². The molecule has 1 amide bonds. The fourth-order valence-corrected chi connectivity index (χ4v) is 2.06. The van der Waals surface area contributed by atoms with Crippen LogP contribution in [0.4, 0.5) is 0 Å². The van der Waals surface area contributed by atoms with Gasteiger partial charge < -0.3 is 16.2 Å². The highest BCUT2D eigenvalue weighted by molar-refractivity contribution is 5.92. The van der Waals surface area contributed by atoms with E-state index in [9.17, 15) is 14.7 Å². The van der Waals surface area contributed by atoms with Crippen molar-refractivity contribution in [3.63, 3.8) is 0 Å². The normalized spacial score (nSPS) is 19.3. The molecule has 1 aromatic carbocycles. The second-order valence-corrected chi connectivity index (χ2v) is 5.23. The molecule has 1 unspecified atom stereocenters. The molecule has 0 bridgehead atoms.